The molecule has 0 aliphatic carbocycles. The van der Waals surface area contributed by atoms with E-state index in [-0.39, 0.29) is 6.54 Å². The molecule has 0 saturated carbocycles. The van der Waals surface area contributed by atoms with E-state index in [9.17, 15) is 9.59 Å². The maximum absolute atomic E-state index is 11.9. The van der Waals surface area contributed by atoms with E-state index < -0.39 is 11.8 Å². The minimum Gasteiger partial charge on any atom is -0.497 e. The molecule has 0 aliphatic rings. The number of hydrogen-bond donors (Lipinski definition) is 2. The third kappa shape index (κ3) is 5.62. The van der Waals surface area contributed by atoms with Crippen LogP contribution in [-0.2, 0) is 16.1 Å². The van der Waals surface area contributed by atoms with Crippen molar-refractivity contribution in [2.75, 3.05) is 7.11 Å². The number of methoxy groups -OCH3 is 1. The highest BCUT2D eigenvalue weighted by Gasteiger charge is 2.12. The summed E-state index contributed by atoms with van der Waals surface area (Å²) in [5.74, 6) is -0.0547. The van der Waals surface area contributed by atoms with E-state index in [0.717, 1.165) is 11.1 Å². The fraction of sp³-hybridized carbons (Fsp3) is 0.0952. The number of benzene rings is 2. The monoisotopic (exact) mass is 445 g/mol. The van der Waals surface area contributed by atoms with Crippen molar-refractivity contribution < 1.29 is 18.7 Å². The molecule has 2 aromatic carbocycles. The molecule has 1 heterocycles. The van der Waals surface area contributed by atoms with Gasteiger partial charge in [-0.05, 0) is 48.0 Å². The van der Waals surface area contributed by atoms with Crippen LogP contribution in [-0.4, -0.2) is 25.1 Å². The molecule has 0 bridgehead atoms. The average Bonchev–Trinajstić information content (AvgIpc) is 3.23. The molecule has 0 atom stereocenters. The first-order valence-corrected chi connectivity index (χ1v) is 9.51. The quantitative estimate of drug-likeness (QED) is 0.340. The fourth-order valence-electron chi connectivity index (χ4n) is 2.44. The van der Waals surface area contributed by atoms with Gasteiger partial charge < -0.3 is 14.5 Å². The second-order valence-electron chi connectivity index (χ2n) is 6.06. The minimum absolute atomic E-state index is 0.200. The van der Waals surface area contributed by atoms with Crippen molar-refractivity contribution in [3.63, 3.8) is 0 Å². The van der Waals surface area contributed by atoms with Crippen molar-refractivity contribution in [3.8, 4) is 17.1 Å². The van der Waals surface area contributed by atoms with E-state index in [0.29, 0.717) is 27.3 Å². The van der Waals surface area contributed by atoms with Crippen LogP contribution >= 0.6 is 23.2 Å². The number of hydrogen-bond acceptors (Lipinski definition) is 5. The predicted octanol–water partition coefficient (Wildman–Crippen LogP) is 4.03. The van der Waals surface area contributed by atoms with Crippen molar-refractivity contribution in [2.45, 2.75) is 6.54 Å². The highest BCUT2D eigenvalue weighted by Crippen LogP contribution is 2.29. The number of nitrogens with zero attached hydrogens (tertiary/aromatic N) is 1. The Morgan fingerprint density at radius 2 is 1.80 bits per heavy atom. The summed E-state index contributed by atoms with van der Waals surface area (Å²) in [5.41, 5.74) is 3.72. The highest BCUT2D eigenvalue weighted by atomic mass is 35.5. The maximum atomic E-state index is 11.9. The van der Waals surface area contributed by atoms with E-state index in [1.165, 1.54) is 6.21 Å². The standard InChI is InChI=1S/C21H17Cl2N3O4/c1-29-15-5-2-13(3-6-15)11-24-20(27)21(28)26-25-12-16-7-9-19(30-16)14-4-8-17(22)18(23)10-14/h2-10,12H,11H2,1H3,(H,24,27)(H,26,28)/b25-12+. The molecule has 0 fully saturated rings. The molecule has 0 spiro atoms. The van der Waals surface area contributed by atoms with Gasteiger partial charge in [0.25, 0.3) is 0 Å². The van der Waals surface area contributed by atoms with Crippen LogP contribution in [0.25, 0.3) is 11.3 Å². The SMILES string of the molecule is COc1ccc(CNC(=O)C(=O)N/N=C/c2ccc(-c3ccc(Cl)c(Cl)c3)o2)cc1. The van der Waals surface area contributed by atoms with Gasteiger partial charge in [-0.15, -0.1) is 0 Å². The highest BCUT2D eigenvalue weighted by molar-refractivity contribution is 6.42. The lowest BCUT2D eigenvalue weighted by Crippen LogP contribution is -2.37. The fourth-order valence-corrected chi connectivity index (χ4v) is 2.74. The summed E-state index contributed by atoms with van der Waals surface area (Å²) in [5, 5.41) is 7.10. The van der Waals surface area contributed by atoms with Crippen LogP contribution in [0.15, 0.2) is 64.1 Å². The average molecular weight is 446 g/mol. The molecular formula is C21H17Cl2N3O4. The number of rotatable bonds is 6. The molecule has 0 saturated heterocycles. The number of hydrazone groups is 1. The molecule has 1 aromatic heterocycles. The Balaban J connectivity index is 1.50. The van der Waals surface area contributed by atoms with Gasteiger partial charge in [0.1, 0.15) is 17.3 Å². The molecular weight excluding hydrogens is 429 g/mol. The van der Waals surface area contributed by atoms with Crippen LogP contribution in [0, 0.1) is 0 Å². The Hall–Kier alpha value is -3.29. The lowest BCUT2D eigenvalue weighted by Gasteiger charge is -2.05. The minimum atomic E-state index is -0.893. The van der Waals surface area contributed by atoms with Crippen molar-refractivity contribution >= 4 is 41.2 Å². The smallest absolute Gasteiger partial charge is 0.329 e. The first-order chi connectivity index (χ1) is 14.5. The van der Waals surface area contributed by atoms with Gasteiger partial charge in [0, 0.05) is 12.1 Å². The third-order valence-electron chi connectivity index (χ3n) is 4.01. The molecule has 9 heteroatoms. The Morgan fingerprint density at radius 3 is 2.50 bits per heavy atom. The van der Waals surface area contributed by atoms with Gasteiger partial charge in [-0.3, -0.25) is 9.59 Å². The second-order valence-corrected chi connectivity index (χ2v) is 6.88. The van der Waals surface area contributed by atoms with Crippen LogP contribution in [0.4, 0.5) is 0 Å². The summed E-state index contributed by atoms with van der Waals surface area (Å²) in [7, 11) is 1.57. The molecule has 2 N–H and O–H groups in total. The summed E-state index contributed by atoms with van der Waals surface area (Å²) in [6.07, 6.45) is 1.29. The van der Waals surface area contributed by atoms with E-state index in [2.05, 4.69) is 15.8 Å². The zero-order valence-corrected chi connectivity index (χ0v) is 17.3. The number of ether oxygens (including phenoxy) is 1. The number of amides is 2. The van der Waals surface area contributed by atoms with Gasteiger partial charge in [0.05, 0.1) is 23.4 Å². The summed E-state index contributed by atoms with van der Waals surface area (Å²) in [6, 6.07) is 15.6. The van der Waals surface area contributed by atoms with Crippen molar-refractivity contribution in [1.29, 1.82) is 0 Å². The van der Waals surface area contributed by atoms with Crippen LogP contribution < -0.4 is 15.5 Å². The van der Waals surface area contributed by atoms with Gasteiger partial charge in [0.15, 0.2) is 0 Å². The number of carbonyl (C=O) groups excluding carboxylic acids is 2. The van der Waals surface area contributed by atoms with Gasteiger partial charge in [0.2, 0.25) is 0 Å². The molecule has 0 aliphatic heterocycles. The molecule has 7 nitrogen and oxygen atoms in total. The zero-order valence-electron chi connectivity index (χ0n) is 15.8. The van der Waals surface area contributed by atoms with E-state index >= 15 is 0 Å². The Kier molecular flexibility index (Phi) is 7.11. The van der Waals surface area contributed by atoms with Crippen LogP contribution in [0.5, 0.6) is 5.75 Å². The summed E-state index contributed by atoms with van der Waals surface area (Å²) in [6.45, 7) is 0.200. The molecule has 2 amide bonds. The number of carbonyl (C=O) groups is 2. The Bertz CT molecular complexity index is 1080. The van der Waals surface area contributed by atoms with Gasteiger partial charge in [-0.1, -0.05) is 35.3 Å². The summed E-state index contributed by atoms with van der Waals surface area (Å²) in [4.78, 5) is 23.7. The third-order valence-corrected chi connectivity index (χ3v) is 4.75. The van der Waals surface area contributed by atoms with Crippen LogP contribution in [0.2, 0.25) is 10.0 Å². The zero-order chi connectivity index (χ0) is 21.5. The lowest BCUT2D eigenvalue weighted by molar-refractivity contribution is -0.139. The lowest BCUT2D eigenvalue weighted by atomic mass is 10.2. The predicted molar refractivity (Wildman–Crippen MR) is 115 cm³/mol. The number of nitrogens with one attached hydrogen (secondary N) is 2. The van der Waals surface area contributed by atoms with Gasteiger partial charge >= 0.3 is 11.8 Å². The molecule has 3 rings (SSSR count). The normalized spacial score (nSPS) is 10.8. The van der Waals surface area contributed by atoms with Crippen LogP contribution in [0.3, 0.4) is 0 Å². The van der Waals surface area contributed by atoms with Crippen molar-refractivity contribution in [2.24, 2.45) is 5.10 Å². The van der Waals surface area contributed by atoms with Gasteiger partial charge in [-0.25, -0.2) is 5.43 Å². The summed E-state index contributed by atoms with van der Waals surface area (Å²) >= 11 is 11.9. The van der Waals surface area contributed by atoms with E-state index in [1.54, 1.807) is 61.7 Å². The Morgan fingerprint density at radius 1 is 1.03 bits per heavy atom. The molecule has 30 heavy (non-hydrogen) atoms. The van der Waals surface area contributed by atoms with E-state index in [1.807, 2.05) is 0 Å². The first kappa shape index (κ1) is 21.4. The first-order valence-electron chi connectivity index (χ1n) is 8.75. The molecule has 0 unspecified atom stereocenters. The molecule has 3 aromatic rings. The second kappa shape index (κ2) is 9.96. The van der Waals surface area contributed by atoms with Gasteiger partial charge in [-0.2, -0.15) is 5.10 Å². The maximum Gasteiger partial charge on any atom is 0.329 e. The van der Waals surface area contributed by atoms with Crippen molar-refractivity contribution in [3.05, 3.63) is 76.0 Å². The largest absolute Gasteiger partial charge is 0.497 e. The topological polar surface area (TPSA) is 92.9 Å². The van der Waals surface area contributed by atoms with Crippen LogP contribution in [0.1, 0.15) is 11.3 Å². The van der Waals surface area contributed by atoms with E-state index in [4.69, 9.17) is 32.4 Å². The summed E-state index contributed by atoms with van der Waals surface area (Å²) < 4.78 is 10.7. The molecule has 154 valence electrons. The number of halogens is 2. The number of furan rings is 1. The van der Waals surface area contributed by atoms with Crippen molar-refractivity contribution in [1.82, 2.24) is 10.7 Å². The molecule has 0 radical (unpaired) electrons. The Labute approximate surface area is 182 Å².